The van der Waals surface area contributed by atoms with Crippen molar-refractivity contribution in [3.8, 4) is 5.75 Å². The number of likely N-dealkylation sites (tertiary alicyclic amines) is 1. The Morgan fingerprint density at radius 3 is 2.25 bits per heavy atom. The van der Waals surface area contributed by atoms with Gasteiger partial charge >= 0.3 is 6.18 Å². The monoisotopic (exact) mass is 462 g/mol. The summed E-state index contributed by atoms with van der Waals surface area (Å²) in [5.74, 6) is -1.39. The number of hydrogen-bond donors (Lipinski definition) is 1. The standard InChI is InChI=1S/C23H31F5N2O2/c1-22(2,3)29-21(31)20-18(24)11-16(12-19(20)25)32-9-6-15-10-17(15)14-4-7-30(8-5-14)13-23(26,27)28/h11-12,14-15,17H,4-10,13H2,1-3H3,(H,29,31)/t15?,17-/m1/s1. The van der Waals surface area contributed by atoms with Crippen LogP contribution in [-0.4, -0.2) is 48.8 Å². The minimum atomic E-state index is -4.15. The summed E-state index contributed by atoms with van der Waals surface area (Å²) in [6.07, 6.45) is -0.871. The molecule has 3 rings (SSSR count). The van der Waals surface area contributed by atoms with Crippen LogP contribution in [0.2, 0.25) is 0 Å². The number of alkyl halides is 3. The molecule has 9 heteroatoms. The minimum Gasteiger partial charge on any atom is -0.493 e. The molecule has 1 aromatic rings. The summed E-state index contributed by atoms with van der Waals surface area (Å²) >= 11 is 0. The van der Waals surface area contributed by atoms with Crippen LogP contribution in [0.5, 0.6) is 5.75 Å². The fourth-order valence-corrected chi connectivity index (χ4v) is 4.55. The zero-order valence-corrected chi connectivity index (χ0v) is 18.7. The molecule has 1 amide bonds. The van der Waals surface area contributed by atoms with E-state index < -0.39 is 41.4 Å². The summed E-state index contributed by atoms with van der Waals surface area (Å²) in [5, 5.41) is 2.53. The van der Waals surface area contributed by atoms with E-state index in [-0.39, 0.29) is 5.75 Å². The molecule has 1 unspecified atom stereocenters. The zero-order chi connectivity index (χ0) is 23.7. The van der Waals surface area contributed by atoms with Crippen LogP contribution in [0.1, 0.15) is 56.8 Å². The van der Waals surface area contributed by atoms with E-state index in [0.29, 0.717) is 37.5 Å². The lowest BCUT2D eigenvalue weighted by Crippen LogP contribution is -2.41. The van der Waals surface area contributed by atoms with Gasteiger partial charge in [-0.05, 0) is 77.3 Å². The molecule has 0 spiro atoms. The van der Waals surface area contributed by atoms with E-state index in [0.717, 1.165) is 37.8 Å². The maximum Gasteiger partial charge on any atom is 0.401 e. The van der Waals surface area contributed by atoms with Gasteiger partial charge in [0.1, 0.15) is 22.9 Å². The zero-order valence-electron chi connectivity index (χ0n) is 18.7. The summed E-state index contributed by atoms with van der Waals surface area (Å²) in [4.78, 5) is 13.6. The topological polar surface area (TPSA) is 41.6 Å². The van der Waals surface area contributed by atoms with Gasteiger partial charge in [-0.3, -0.25) is 9.69 Å². The second-order valence-corrected chi connectivity index (χ2v) is 9.99. The fourth-order valence-electron chi connectivity index (χ4n) is 4.55. The van der Waals surface area contributed by atoms with Gasteiger partial charge in [0.25, 0.3) is 5.91 Å². The number of carbonyl (C=O) groups excluding carboxylic acids is 1. The van der Waals surface area contributed by atoms with Crippen LogP contribution in [-0.2, 0) is 0 Å². The summed E-state index contributed by atoms with van der Waals surface area (Å²) in [5.41, 5.74) is -1.26. The van der Waals surface area contributed by atoms with Crippen molar-refractivity contribution in [3.05, 3.63) is 29.3 Å². The van der Waals surface area contributed by atoms with Gasteiger partial charge in [0, 0.05) is 17.7 Å². The van der Waals surface area contributed by atoms with E-state index in [2.05, 4.69) is 5.32 Å². The van der Waals surface area contributed by atoms with E-state index in [9.17, 15) is 26.7 Å². The molecule has 1 aliphatic carbocycles. The van der Waals surface area contributed by atoms with Gasteiger partial charge in [-0.1, -0.05) is 0 Å². The third-order valence-electron chi connectivity index (χ3n) is 6.11. The average Bonchev–Trinajstić information content (AvgIpc) is 3.38. The van der Waals surface area contributed by atoms with E-state index in [1.807, 2.05) is 0 Å². The molecule has 1 heterocycles. The van der Waals surface area contributed by atoms with E-state index in [4.69, 9.17) is 4.74 Å². The Morgan fingerprint density at radius 1 is 1.12 bits per heavy atom. The Morgan fingerprint density at radius 2 is 1.72 bits per heavy atom. The highest BCUT2D eigenvalue weighted by Gasteiger charge is 2.44. The van der Waals surface area contributed by atoms with Gasteiger partial charge in [0.2, 0.25) is 0 Å². The van der Waals surface area contributed by atoms with Gasteiger partial charge in [-0.2, -0.15) is 13.2 Å². The molecule has 180 valence electrons. The third kappa shape index (κ3) is 7.05. The predicted octanol–water partition coefficient (Wildman–Crippen LogP) is 5.17. The van der Waals surface area contributed by atoms with Crippen molar-refractivity contribution in [2.75, 3.05) is 26.2 Å². The number of hydrogen-bond acceptors (Lipinski definition) is 3. The molecule has 1 saturated carbocycles. The Labute approximate surface area is 185 Å². The van der Waals surface area contributed by atoms with Crippen molar-refractivity contribution in [1.82, 2.24) is 10.2 Å². The Bertz CT molecular complexity index is 791. The van der Waals surface area contributed by atoms with Crippen LogP contribution in [0.15, 0.2) is 12.1 Å². The number of amides is 1. The van der Waals surface area contributed by atoms with E-state index in [1.54, 1.807) is 20.8 Å². The number of nitrogens with zero attached hydrogens (tertiary/aromatic N) is 1. The van der Waals surface area contributed by atoms with E-state index in [1.165, 1.54) is 4.90 Å². The largest absolute Gasteiger partial charge is 0.493 e. The van der Waals surface area contributed by atoms with Crippen LogP contribution in [0.3, 0.4) is 0 Å². The number of benzene rings is 1. The first-order valence-corrected chi connectivity index (χ1v) is 11.1. The van der Waals surface area contributed by atoms with E-state index >= 15 is 0 Å². The molecule has 1 aromatic carbocycles. The van der Waals surface area contributed by atoms with Crippen molar-refractivity contribution in [2.45, 2.75) is 58.2 Å². The van der Waals surface area contributed by atoms with Crippen molar-refractivity contribution >= 4 is 5.91 Å². The first kappa shape index (κ1) is 24.7. The fraction of sp³-hybridized carbons (Fsp3) is 0.696. The first-order valence-electron chi connectivity index (χ1n) is 11.1. The van der Waals surface area contributed by atoms with Gasteiger partial charge in [0.15, 0.2) is 0 Å². The minimum absolute atomic E-state index is 0.0324. The maximum atomic E-state index is 14.3. The lowest BCUT2D eigenvalue weighted by Gasteiger charge is -2.32. The normalized spacial score (nSPS) is 22.6. The summed E-state index contributed by atoms with van der Waals surface area (Å²) in [6.45, 7) is 5.54. The molecule has 0 aromatic heterocycles. The highest BCUT2D eigenvalue weighted by molar-refractivity contribution is 5.95. The quantitative estimate of drug-likeness (QED) is 0.569. The Balaban J connectivity index is 1.43. The van der Waals surface area contributed by atoms with Crippen LogP contribution in [0, 0.1) is 29.4 Å². The molecule has 1 saturated heterocycles. The molecule has 1 N–H and O–H groups in total. The third-order valence-corrected chi connectivity index (χ3v) is 6.11. The SMILES string of the molecule is CC(C)(C)NC(=O)c1c(F)cc(OCCC2C[C@@H]2C2CCN(CC(F)(F)F)CC2)cc1F. The van der Waals surface area contributed by atoms with Gasteiger partial charge in [-0.25, -0.2) is 8.78 Å². The number of ether oxygens (including phenoxy) is 1. The lowest BCUT2D eigenvalue weighted by atomic mass is 9.90. The molecule has 0 bridgehead atoms. The maximum absolute atomic E-state index is 14.3. The molecule has 2 aliphatic rings. The van der Waals surface area contributed by atoms with Gasteiger partial charge in [-0.15, -0.1) is 0 Å². The molecule has 32 heavy (non-hydrogen) atoms. The molecule has 2 fully saturated rings. The van der Waals surface area contributed by atoms with Gasteiger partial charge < -0.3 is 10.1 Å². The molecule has 2 atom stereocenters. The molecule has 0 radical (unpaired) electrons. The van der Waals surface area contributed by atoms with Crippen LogP contribution < -0.4 is 10.1 Å². The lowest BCUT2D eigenvalue weighted by molar-refractivity contribution is -0.148. The molecular weight excluding hydrogens is 431 g/mol. The molecular formula is C23H31F5N2O2. The summed E-state index contributed by atoms with van der Waals surface area (Å²) in [7, 11) is 0. The van der Waals surface area contributed by atoms with Crippen molar-refractivity contribution < 1.29 is 31.5 Å². The number of halogens is 5. The second-order valence-electron chi connectivity index (χ2n) is 9.99. The Kier molecular flexibility index (Phi) is 7.37. The summed E-state index contributed by atoms with van der Waals surface area (Å²) < 4.78 is 71.7. The summed E-state index contributed by atoms with van der Waals surface area (Å²) in [6, 6.07) is 2.03. The smallest absolute Gasteiger partial charge is 0.401 e. The number of carbonyl (C=O) groups is 1. The van der Waals surface area contributed by atoms with Gasteiger partial charge in [0.05, 0.1) is 13.2 Å². The number of rotatable bonds is 7. The molecule has 1 aliphatic heterocycles. The van der Waals surface area contributed by atoms with Crippen LogP contribution in [0.4, 0.5) is 22.0 Å². The average molecular weight is 463 g/mol. The van der Waals surface area contributed by atoms with Crippen molar-refractivity contribution in [1.29, 1.82) is 0 Å². The predicted molar refractivity (Wildman–Crippen MR) is 111 cm³/mol. The highest BCUT2D eigenvalue weighted by atomic mass is 19.4. The molecule has 4 nitrogen and oxygen atoms in total. The van der Waals surface area contributed by atoms with Crippen LogP contribution >= 0.6 is 0 Å². The second kappa shape index (κ2) is 9.53. The van der Waals surface area contributed by atoms with Crippen LogP contribution in [0.25, 0.3) is 0 Å². The van der Waals surface area contributed by atoms with Crippen molar-refractivity contribution in [2.24, 2.45) is 17.8 Å². The highest BCUT2D eigenvalue weighted by Crippen LogP contribution is 2.49. The number of nitrogens with one attached hydrogen (secondary N) is 1. The Hall–Kier alpha value is -1.90. The number of piperidine rings is 1. The van der Waals surface area contributed by atoms with Crippen molar-refractivity contribution in [3.63, 3.8) is 0 Å². The first-order chi connectivity index (χ1) is 14.8.